The van der Waals surface area contributed by atoms with Gasteiger partial charge in [-0.15, -0.1) is 0 Å². The Morgan fingerprint density at radius 3 is 2.87 bits per heavy atom. The second-order valence-corrected chi connectivity index (χ2v) is 5.92. The van der Waals surface area contributed by atoms with E-state index in [4.69, 9.17) is 21.7 Å². The quantitative estimate of drug-likeness (QED) is 0.468. The van der Waals surface area contributed by atoms with Crippen LogP contribution in [0.2, 0.25) is 0 Å². The van der Waals surface area contributed by atoms with Gasteiger partial charge in [0.25, 0.3) is 5.91 Å². The topological polar surface area (TPSA) is 77.1 Å². The predicted octanol–water partition coefficient (Wildman–Crippen LogP) is 1.41. The number of halogens is 1. The van der Waals surface area contributed by atoms with Gasteiger partial charge in [0, 0.05) is 4.47 Å². The molecular weight excluding hydrogens is 388 g/mol. The number of nitrogens with one attached hydrogen (secondary N) is 1. The van der Waals surface area contributed by atoms with Crippen LogP contribution >= 0.6 is 28.1 Å². The van der Waals surface area contributed by atoms with E-state index in [-0.39, 0.29) is 24.1 Å². The normalized spacial score (nSPS) is 17.7. The van der Waals surface area contributed by atoms with E-state index in [1.54, 1.807) is 18.2 Å². The van der Waals surface area contributed by atoms with Crippen LogP contribution in [0.3, 0.4) is 0 Å². The number of hydrogen-bond acceptors (Lipinski definition) is 6. The summed E-state index contributed by atoms with van der Waals surface area (Å²) in [7, 11) is 1.25. The molecule has 9 heteroatoms. The second kappa shape index (κ2) is 6.17. The third-order valence-corrected chi connectivity index (χ3v) is 4.28. The minimum atomic E-state index is -0.548. The minimum Gasteiger partial charge on any atom is -0.468 e. The number of amides is 1. The Morgan fingerprint density at radius 1 is 1.48 bits per heavy atom. The highest BCUT2D eigenvalue weighted by Gasteiger charge is 2.32. The lowest BCUT2D eigenvalue weighted by Gasteiger charge is -2.11. The Kier molecular flexibility index (Phi) is 4.22. The van der Waals surface area contributed by atoms with Crippen molar-refractivity contribution in [2.45, 2.75) is 0 Å². The fourth-order valence-electron chi connectivity index (χ4n) is 2.11. The van der Waals surface area contributed by atoms with Gasteiger partial charge >= 0.3 is 5.97 Å². The van der Waals surface area contributed by atoms with Crippen LogP contribution in [0, 0.1) is 0 Å². The van der Waals surface area contributed by atoms with Crippen molar-refractivity contribution in [1.29, 1.82) is 0 Å². The molecule has 1 amide bonds. The highest BCUT2D eigenvalue weighted by Crippen LogP contribution is 2.37. The number of esters is 1. The van der Waals surface area contributed by atoms with Crippen molar-refractivity contribution >= 4 is 51.2 Å². The zero-order valence-corrected chi connectivity index (χ0v) is 14.3. The zero-order valence-electron chi connectivity index (χ0n) is 11.9. The summed E-state index contributed by atoms with van der Waals surface area (Å²) in [5, 5.41) is 2.95. The first-order valence-electron chi connectivity index (χ1n) is 6.50. The molecule has 0 spiro atoms. The van der Waals surface area contributed by atoms with Gasteiger partial charge in [-0.3, -0.25) is 14.5 Å². The van der Waals surface area contributed by atoms with Crippen molar-refractivity contribution in [3.8, 4) is 11.5 Å². The van der Waals surface area contributed by atoms with Crippen molar-refractivity contribution in [2.24, 2.45) is 0 Å². The number of ether oxygens (including phenoxy) is 3. The number of rotatable bonds is 3. The maximum Gasteiger partial charge on any atom is 0.325 e. The number of benzene rings is 1. The summed E-state index contributed by atoms with van der Waals surface area (Å²) in [6.07, 6.45) is 1.62. The lowest BCUT2D eigenvalue weighted by molar-refractivity contribution is -0.143. The molecule has 120 valence electrons. The standard InChI is InChI=1S/C14H11BrN2O5S/c1-20-12(18)5-17-13(19)9(16-14(17)23)2-7-3-10-11(4-8(7)15)22-6-21-10/h2-4H,5-6H2,1H3,(H,16,23)/b9-2-. The van der Waals surface area contributed by atoms with Crippen molar-refractivity contribution in [3.63, 3.8) is 0 Å². The molecule has 1 fully saturated rings. The Bertz CT molecular complexity index is 749. The summed E-state index contributed by atoms with van der Waals surface area (Å²) in [5.41, 5.74) is 0.978. The second-order valence-electron chi connectivity index (χ2n) is 4.68. The highest BCUT2D eigenvalue weighted by molar-refractivity contribution is 9.10. The largest absolute Gasteiger partial charge is 0.468 e. The van der Waals surface area contributed by atoms with Crippen LogP contribution in [0.25, 0.3) is 6.08 Å². The highest BCUT2D eigenvalue weighted by atomic mass is 79.9. The maximum absolute atomic E-state index is 12.3. The molecular formula is C14H11BrN2O5S. The molecule has 1 aromatic rings. The van der Waals surface area contributed by atoms with Crippen LogP contribution in [0.5, 0.6) is 11.5 Å². The van der Waals surface area contributed by atoms with Gasteiger partial charge in [0.15, 0.2) is 16.6 Å². The number of fused-ring (bicyclic) bond motifs is 1. The van der Waals surface area contributed by atoms with E-state index in [0.29, 0.717) is 17.1 Å². The van der Waals surface area contributed by atoms with Crippen molar-refractivity contribution in [2.75, 3.05) is 20.4 Å². The molecule has 3 rings (SSSR count). The molecule has 0 saturated carbocycles. The van der Waals surface area contributed by atoms with E-state index in [1.165, 1.54) is 7.11 Å². The Balaban J connectivity index is 1.88. The third kappa shape index (κ3) is 3.02. The SMILES string of the molecule is COC(=O)CN1C(=O)/C(=C/c2cc3c(cc2Br)OCO3)NC1=S. The smallest absolute Gasteiger partial charge is 0.325 e. The molecule has 1 saturated heterocycles. The Morgan fingerprint density at radius 2 is 2.17 bits per heavy atom. The molecule has 23 heavy (non-hydrogen) atoms. The van der Waals surface area contributed by atoms with E-state index < -0.39 is 11.9 Å². The van der Waals surface area contributed by atoms with Gasteiger partial charge in [0.1, 0.15) is 12.2 Å². The van der Waals surface area contributed by atoms with Crippen LogP contribution in [0.4, 0.5) is 0 Å². The predicted molar refractivity (Wildman–Crippen MR) is 87.7 cm³/mol. The first-order valence-corrected chi connectivity index (χ1v) is 7.70. The van der Waals surface area contributed by atoms with E-state index in [9.17, 15) is 9.59 Å². The summed E-state index contributed by atoms with van der Waals surface area (Å²) >= 11 is 8.50. The Hall–Kier alpha value is -2.13. The maximum atomic E-state index is 12.3. The number of nitrogens with zero attached hydrogens (tertiary/aromatic N) is 1. The van der Waals surface area contributed by atoms with Crippen molar-refractivity contribution < 1.29 is 23.8 Å². The first-order chi connectivity index (χ1) is 11.0. The van der Waals surface area contributed by atoms with E-state index >= 15 is 0 Å². The number of carbonyl (C=O) groups excluding carboxylic acids is 2. The Labute approximate surface area is 145 Å². The van der Waals surface area contributed by atoms with Crippen molar-refractivity contribution in [3.05, 3.63) is 27.9 Å². The molecule has 0 atom stereocenters. The average molecular weight is 399 g/mol. The van der Waals surface area contributed by atoms with Gasteiger partial charge in [-0.1, -0.05) is 15.9 Å². The molecule has 0 aliphatic carbocycles. The van der Waals surface area contributed by atoms with Crippen LogP contribution < -0.4 is 14.8 Å². The molecule has 2 heterocycles. The lowest BCUT2D eigenvalue weighted by Crippen LogP contribution is -2.35. The monoisotopic (exact) mass is 398 g/mol. The number of methoxy groups -OCH3 is 1. The molecule has 0 unspecified atom stereocenters. The molecule has 1 aromatic carbocycles. The van der Waals surface area contributed by atoms with Gasteiger partial charge in [-0.05, 0) is 36.0 Å². The van der Waals surface area contributed by atoms with Gasteiger partial charge in [-0.2, -0.15) is 0 Å². The zero-order chi connectivity index (χ0) is 16.6. The molecule has 0 radical (unpaired) electrons. The van der Waals surface area contributed by atoms with Gasteiger partial charge in [-0.25, -0.2) is 0 Å². The van der Waals surface area contributed by atoms with Crippen LogP contribution in [-0.2, 0) is 14.3 Å². The molecule has 1 N–H and O–H groups in total. The summed E-state index contributed by atoms with van der Waals surface area (Å²) in [6, 6.07) is 3.51. The number of thiocarbonyl (C=S) groups is 1. The molecule has 0 bridgehead atoms. The summed E-state index contributed by atoms with van der Waals surface area (Å²) < 4.78 is 15.9. The van der Waals surface area contributed by atoms with Crippen LogP contribution in [0.15, 0.2) is 22.3 Å². The summed E-state index contributed by atoms with van der Waals surface area (Å²) in [5.74, 6) is 0.282. The lowest BCUT2D eigenvalue weighted by atomic mass is 10.1. The van der Waals surface area contributed by atoms with Crippen LogP contribution in [0.1, 0.15) is 5.56 Å². The van der Waals surface area contributed by atoms with E-state index in [1.807, 2.05) is 0 Å². The van der Waals surface area contributed by atoms with E-state index in [0.717, 1.165) is 9.37 Å². The number of carbonyl (C=O) groups is 2. The summed E-state index contributed by atoms with van der Waals surface area (Å²) in [4.78, 5) is 24.8. The molecule has 0 aromatic heterocycles. The number of hydrogen-bond donors (Lipinski definition) is 1. The molecule has 7 nitrogen and oxygen atoms in total. The molecule has 2 aliphatic heterocycles. The van der Waals surface area contributed by atoms with Gasteiger partial charge in [0.05, 0.1) is 7.11 Å². The first kappa shape index (κ1) is 15.8. The van der Waals surface area contributed by atoms with E-state index in [2.05, 4.69) is 26.0 Å². The minimum absolute atomic E-state index is 0.156. The fraction of sp³-hybridized carbons (Fsp3) is 0.214. The fourth-order valence-corrected chi connectivity index (χ4v) is 2.80. The van der Waals surface area contributed by atoms with Crippen molar-refractivity contribution in [1.82, 2.24) is 10.2 Å². The van der Waals surface area contributed by atoms with Gasteiger partial charge in [0.2, 0.25) is 6.79 Å². The molecule has 2 aliphatic rings. The third-order valence-electron chi connectivity index (χ3n) is 3.27. The van der Waals surface area contributed by atoms with Crippen LogP contribution in [-0.4, -0.2) is 42.3 Å². The average Bonchev–Trinajstić information content (AvgIpc) is 3.07. The summed E-state index contributed by atoms with van der Waals surface area (Å²) in [6.45, 7) is -0.0726. The van der Waals surface area contributed by atoms with Gasteiger partial charge < -0.3 is 19.5 Å².